The number of hydrogen-bond donors (Lipinski definition) is 2. The first-order valence-corrected chi connectivity index (χ1v) is 10.8. The lowest BCUT2D eigenvalue weighted by Crippen LogP contribution is -2.37. The average molecular weight is 418 g/mol. The molecule has 31 heavy (non-hydrogen) atoms. The normalized spacial score (nSPS) is 16.1. The second-order valence-electron chi connectivity index (χ2n) is 8.06. The molecule has 2 N–H and O–H groups in total. The van der Waals surface area contributed by atoms with Gasteiger partial charge in [-0.05, 0) is 30.9 Å². The molecule has 0 bridgehead atoms. The summed E-state index contributed by atoms with van der Waals surface area (Å²) in [5.41, 5.74) is 4.87. The van der Waals surface area contributed by atoms with Crippen LogP contribution in [0.4, 0.5) is 5.82 Å². The highest BCUT2D eigenvalue weighted by molar-refractivity contribution is 5.88. The van der Waals surface area contributed by atoms with Crippen LogP contribution in [0.1, 0.15) is 29.9 Å². The van der Waals surface area contributed by atoms with E-state index in [1.165, 1.54) is 16.3 Å². The first-order chi connectivity index (χ1) is 15.2. The molecule has 0 spiro atoms. The lowest BCUT2D eigenvalue weighted by atomic mass is 10.00. The van der Waals surface area contributed by atoms with Crippen LogP contribution in [-0.4, -0.2) is 62.7 Å². The number of rotatable bonds is 6. The lowest BCUT2D eigenvalue weighted by Gasteiger charge is -2.26. The Morgan fingerprint density at radius 1 is 1.19 bits per heavy atom. The van der Waals surface area contributed by atoms with Crippen LogP contribution >= 0.6 is 0 Å². The summed E-state index contributed by atoms with van der Waals surface area (Å²) in [5, 5.41) is 5.97. The van der Waals surface area contributed by atoms with E-state index >= 15 is 0 Å². The van der Waals surface area contributed by atoms with Gasteiger partial charge in [0.25, 0.3) is 0 Å². The van der Waals surface area contributed by atoms with Gasteiger partial charge in [-0.15, -0.1) is 0 Å². The van der Waals surface area contributed by atoms with Gasteiger partial charge in [0.05, 0.1) is 37.0 Å². The number of fused-ring (bicyclic) bond motifs is 2. The van der Waals surface area contributed by atoms with Crippen molar-refractivity contribution >= 4 is 27.8 Å². The van der Waals surface area contributed by atoms with Gasteiger partial charge in [0, 0.05) is 31.4 Å². The van der Waals surface area contributed by atoms with Crippen LogP contribution in [-0.2, 0) is 11.2 Å². The number of anilines is 1. The van der Waals surface area contributed by atoms with Crippen LogP contribution in [0.2, 0.25) is 0 Å². The van der Waals surface area contributed by atoms with Crippen molar-refractivity contribution in [2.75, 3.05) is 38.2 Å². The number of H-pyrrole nitrogens is 1. The van der Waals surface area contributed by atoms with Crippen molar-refractivity contribution in [3.05, 3.63) is 53.9 Å². The van der Waals surface area contributed by atoms with Crippen molar-refractivity contribution in [2.45, 2.75) is 26.3 Å². The van der Waals surface area contributed by atoms with E-state index in [-0.39, 0.29) is 6.04 Å². The number of nitrogens with zero attached hydrogens (tertiary/aromatic N) is 5. The molecule has 4 aromatic rings. The molecule has 0 radical (unpaired) electrons. The monoisotopic (exact) mass is 417 g/mol. The Hall–Kier alpha value is -3.10. The molecule has 0 aliphatic carbocycles. The van der Waals surface area contributed by atoms with Gasteiger partial charge < -0.3 is 15.0 Å². The highest BCUT2D eigenvalue weighted by Gasteiger charge is 2.17. The molecule has 0 saturated carbocycles. The number of nitrogens with one attached hydrogen (secondary N) is 2. The smallest absolute Gasteiger partial charge is 0.162 e. The van der Waals surface area contributed by atoms with Crippen molar-refractivity contribution in [1.29, 1.82) is 0 Å². The Labute approximate surface area is 181 Å². The Morgan fingerprint density at radius 2 is 2.06 bits per heavy atom. The topological polar surface area (TPSA) is 91.9 Å². The molecule has 160 valence electrons. The number of ether oxygens (including phenoxy) is 1. The van der Waals surface area contributed by atoms with Gasteiger partial charge in [-0.1, -0.05) is 18.2 Å². The predicted molar refractivity (Wildman–Crippen MR) is 121 cm³/mol. The molecule has 8 heteroatoms. The van der Waals surface area contributed by atoms with Crippen molar-refractivity contribution in [3.8, 4) is 0 Å². The Morgan fingerprint density at radius 3 is 2.94 bits per heavy atom. The molecule has 5 rings (SSSR count). The van der Waals surface area contributed by atoms with Gasteiger partial charge in [0.15, 0.2) is 11.5 Å². The van der Waals surface area contributed by atoms with E-state index in [4.69, 9.17) is 9.72 Å². The average Bonchev–Trinajstić information content (AvgIpc) is 3.28. The third kappa shape index (κ3) is 4.08. The number of imidazole rings is 1. The lowest BCUT2D eigenvalue weighted by molar-refractivity contribution is 0.0384. The van der Waals surface area contributed by atoms with E-state index in [1.807, 2.05) is 0 Å². The van der Waals surface area contributed by atoms with E-state index in [0.29, 0.717) is 5.82 Å². The first kappa shape index (κ1) is 19.8. The van der Waals surface area contributed by atoms with Crippen molar-refractivity contribution < 1.29 is 4.74 Å². The number of aromatic nitrogens is 5. The summed E-state index contributed by atoms with van der Waals surface area (Å²) in [6, 6.07) is 8.61. The summed E-state index contributed by atoms with van der Waals surface area (Å²) in [6.07, 6.45) is 4.09. The van der Waals surface area contributed by atoms with Gasteiger partial charge in [-0.25, -0.2) is 15.0 Å². The summed E-state index contributed by atoms with van der Waals surface area (Å²) in [5.74, 6) is 0.708. The van der Waals surface area contributed by atoms with Crippen molar-refractivity contribution in [1.82, 2.24) is 29.8 Å². The maximum atomic E-state index is 5.49. The minimum Gasteiger partial charge on any atom is -0.379 e. The van der Waals surface area contributed by atoms with Crippen LogP contribution in [0.5, 0.6) is 0 Å². The van der Waals surface area contributed by atoms with Crippen LogP contribution in [0.15, 0.2) is 36.9 Å². The molecule has 8 nitrogen and oxygen atoms in total. The van der Waals surface area contributed by atoms with Gasteiger partial charge in [0.2, 0.25) is 0 Å². The Balaban J connectivity index is 1.46. The highest BCUT2D eigenvalue weighted by atomic mass is 16.5. The van der Waals surface area contributed by atoms with Gasteiger partial charge in [0.1, 0.15) is 11.8 Å². The molecule has 1 unspecified atom stereocenters. The maximum absolute atomic E-state index is 5.49. The highest BCUT2D eigenvalue weighted by Crippen LogP contribution is 2.27. The molecule has 1 atom stereocenters. The number of benzene rings is 1. The van der Waals surface area contributed by atoms with Gasteiger partial charge >= 0.3 is 0 Å². The minimum absolute atomic E-state index is 0.0261. The van der Waals surface area contributed by atoms with E-state index in [9.17, 15) is 0 Å². The zero-order valence-electron chi connectivity index (χ0n) is 17.9. The molecule has 1 aromatic carbocycles. The molecular weight excluding hydrogens is 390 g/mol. The van der Waals surface area contributed by atoms with Crippen LogP contribution < -0.4 is 5.32 Å². The van der Waals surface area contributed by atoms with Crippen LogP contribution in [0.25, 0.3) is 21.9 Å². The molecule has 1 saturated heterocycles. The Bertz CT molecular complexity index is 1200. The largest absolute Gasteiger partial charge is 0.379 e. The predicted octanol–water partition coefficient (Wildman–Crippen LogP) is 3.26. The first-order valence-electron chi connectivity index (χ1n) is 10.8. The number of pyridine rings is 1. The van der Waals surface area contributed by atoms with E-state index < -0.39 is 0 Å². The molecule has 1 aliphatic heterocycles. The quantitative estimate of drug-likeness (QED) is 0.497. The fraction of sp³-hybridized carbons (Fsp3) is 0.391. The molecule has 1 fully saturated rings. The van der Waals surface area contributed by atoms with Crippen LogP contribution in [0.3, 0.4) is 0 Å². The fourth-order valence-electron chi connectivity index (χ4n) is 4.25. The summed E-state index contributed by atoms with van der Waals surface area (Å²) in [7, 11) is 0. The molecule has 3 aromatic heterocycles. The third-order valence-electron chi connectivity index (χ3n) is 5.94. The summed E-state index contributed by atoms with van der Waals surface area (Å²) < 4.78 is 5.49. The second-order valence-corrected chi connectivity index (χ2v) is 8.06. The van der Waals surface area contributed by atoms with Crippen molar-refractivity contribution in [3.63, 3.8) is 0 Å². The molecule has 0 amide bonds. The summed E-state index contributed by atoms with van der Waals surface area (Å²) in [4.78, 5) is 23.6. The SMILES string of the molecule is Cc1cccc2cc(C(C)Nc3ncnc4[nH]cnc34)nc(CCN3CCOCC3)c12. The second kappa shape index (κ2) is 8.56. The zero-order chi connectivity index (χ0) is 21.2. The summed E-state index contributed by atoms with van der Waals surface area (Å²) in [6.45, 7) is 8.87. The summed E-state index contributed by atoms with van der Waals surface area (Å²) >= 11 is 0. The number of hydrogen-bond acceptors (Lipinski definition) is 7. The fourth-order valence-corrected chi connectivity index (χ4v) is 4.25. The minimum atomic E-state index is -0.0261. The maximum Gasteiger partial charge on any atom is 0.162 e. The standard InChI is InChI=1S/C23H27N7O/c1-15-4-3-5-17-12-19(16(2)28-23-21-22(25-13-24-21)26-14-27-23)29-18(20(15)17)6-7-30-8-10-31-11-9-30/h3-5,12-14,16H,6-11H2,1-2H3,(H2,24,25,26,27,28). The molecular formula is C23H27N7O. The van der Waals surface area contributed by atoms with Crippen molar-refractivity contribution in [2.24, 2.45) is 0 Å². The zero-order valence-corrected chi connectivity index (χ0v) is 17.9. The van der Waals surface area contributed by atoms with E-state index in [2.05, 4.69) is 68.3 Å². The van der Waals surface area contributed by atoms with E-state index in [0.717, 1.165) is 61.8 Å². The Kier molecular flexibility index (Phi) is 5.48. The number of morpholine rings is 1. The van der Waals surface area contributed by atoms with E-state index in [1.54, 1.807) is 12.7 Å². The number of aromatic amines is 1. The van der Waals surface area contributed by atoms with Gasteiger partial charge in [-0.3, -0.25) is 9.88 Å². The molecule has 4 heterocycles. The number of aryl methyl sites for hydroxylation is 1. The molecule has 1 aliphatic rings. The van der Waals surface area contributed by atoms with Gasteiger partial charge in [-0.2, -0.15) is 0 Å². The van der Waals surface area contributed by atoms with Crippen LogP contribution in [0, 0.1) is 6.92 Å². The third-order valence-corrected chi connectivity index (χ3v) is 5.94.